The van der Waals surface area contributed by atoms with Crippen molar-refractivity contribution in [3.05, 3.63) is 45.1 Å². The molecular formula is C12H8BrClO2. The summed E-state index contributed by atoms with van der Waals surface area (Å²) in [6.45, 7) is 1.94. The molecule has 0 aliphatic heterocycles. The van der Waals surface area contributed by atoms with Gasteiger partial charge >= 0.3 is 0 Å². The molecule has 0 spiro atoms. The average Bonchev–Trinajstić information content (AvgIpc) is 2.64. The maximum atomic E-state index is 10.5. The molecule has 0 aliphatic rings. The molecule has 4 heteroatoms. The lowest BCUT2D eigenvalue weighted by Crippen LogP contribution is -1.83. The minimum Gasteiger partial charge on any atom is -0.453 e. The van der Waals surface area contributed by atoms with E-state index in [0.29, 0.717) is 22.8 Å². The minimum atomic E-state index is 0.316. The van der Waals surface area contributed by atoms with Gasteiger partial charge in [-0.05, 0) is 52.7 Å². The van der Waals surface area contributed by atoms with Crippen molar-refractivity contribution in [2.45, 2.75) is 6.92 Å². The van der Waals surface area contributed by atoms with E-state index in [1.54, 1.807) is 18.2 Å². The number of aryl methyl sites for hydroxylation is 1. The van der Waals surface area contributed by atoms with E-state index in [2.05, 4.69) is 15.9 Å². The van der Waals surface area contributed by atoms with Gasteiger partial charge in [-0.25, -0.2) is 0 Å². The smallest absolute Gasteiger partial charge is 0.185 e. The van der Waals surface area contributed by atoms with Gasteiger partial charge in [-0.15, -0.1) is 0 Å². The zero-order valence-corrected chi connectivity index (χ0v) is 10.8. The second kappa shape index (κ2) is 4.44. The molecule has 0 unspecified atom stereocenters. The zero-order chi connectivity index (χ0) is 11.7. The number of carbonyl (C=O) groups is 1. The Bertz CT molecular complexity index is 523. The van der Waals surface area contributed by atoms with Gasteiger partial charge in [-0.2, -0.15) is 0 Å². The molecule has 2 rings (SSSR count). The van der Waals surface area contributed by atoms with E-state index in [4.69, 9.17) is 16.0 Å². The maximum Gasteiger partial charge on any atom is 0.185 e. The van der Waals surface area contributed by atoms with Gasteiger partial charge in [0, 0.05) is 15.1 Å². The molecule has 82 valence electrons. The largest absolute Gasteiger partial charge is 0.453 e. The molecule has 0 atom stereocenters. The maximum absolute atomic E-state index is 10.5. The second-order valence-corrected chi connectivity index (χ2v) is 4.69. The highest BCUT2D eigenvalue weighted by molar-refractivity contribution is 9.10. The van der Waals surface area contributed by atoms with Gasteiger partial charge in [-0.3, -0.25) is 4.79 Å². The molecule has 0 bridgehead atoms. The predicted octanol–water partition coefficient (Wildman–Crippen LogP) is 4.48. The standard InChI is InChI=1S/C12H8BrClO2/c1-7-4-8(14)5-10(13)12(7)11-3-2-9(6-15)16-11/h2-6H,1H3. The van der Waals surface area contributed by atoms with Crippen LogP contribution < -0.4 is 0 Å². The van der Waals surface area contributed by atoms with E-state index >= 15 is 0 Å². The molecule has 1 aromatic heterocycles. The van der Waals surface area contributed by atoms with Crippen LogP contribution in [-0.4, -0.2) is 6.29 Å². The Morgan fingerprint density at radius 1 is 1.38 bits per heavy atom. The first kappa shape index (κ1) is 11.4. The van der Waals surface area contributed by atoms with Gasteiger partial charge in [-0.1, -0.05) is 11.6 Å². The summed E-state index contributed by atoms with van der Waals surface area (Å²) in [4.78, 5) is 10.5. The van der Waals surface area contributed by atoms with E-state index in [0.717, 1.165) is 15.6 Å². The van der Waals surface area contributed by atoms with Crippen molar-refractivity contribution in [1.29, 1.82) is 0 Å². The number of halogens is 2. The Labute approximate surface area is 106 Å². The molecule has 0 saturated carbocycles. The van der Waals surface area contributed by atoms with Crippen molar-refractivity contribution >= 4 is 33.8 Å². The molecule has 0 fully saturated rings. The van der Waals surface area contributed by atoms with E-state index < -0.39 is 0 Å². The summed E-state index contributed by atoms with van der Waals surface area (Å²) >= 11 is 9.36. The van der Waals surface area contributed by atoms with Crippen molar-refractivity contribution in [3.8, 4) is 11.3 Å². The average molecular weight is 300 g/mol. The van der Waals surface area contributed by atoms with Gasteiger partial charge in [0.25, 0.3) is 0 Å². The number of hydrogen-bond acceptors (Lipinski definition) is 2. The number of benzene rings is 1. The number of hydrogen-bond donors (Lipinski definition) is 0. The summed E-state index contributed by atoms with van der Waals surface area (Å²) < 4.78 is 6.23. The number of aldehydes is 1. The quantitative estimate of drug-likeness (QED) is 0.765. The Morgan fingerprint density at radius 3 is 2.69 bits per heavy atom. The molecule has 0 saturated heterocycles. The van der Waals surface area contributed by atoms with Crippen LogP contribution in [0.25, 0.3) is 11.3 Å². The van der Waals surface area contributed by atoms with Gasteiger partial charge in [0.15, 0.2) is 12.0 Å². The molecule has 1 aromatic carbocycles. The number of furan rings is 1. The van der Waals surface area contributed by atoms with Gasteiger partial charge in [0.2, 0.25) is 0 Å². The number of carbonyl (C=O) groups excluding carboxylic acids is 1. The lowest BCUT2D eigenvalue weighted by atomic mass is 10.1. The van der Waals surface area contributed by atoms with E-state index in [1.807, 2.05) is 13.0 Å². The highest BCUT2D eigenvalue weighted by Crippen LogP contribution is 2.34. The molecule has 16 heavy (non-hydrogen) atoms. The fraction of sp³-hybridized carbons (Fsp3) is 0.0833. The van der Waals surface area contributed by atoms with Crippen LogP contribution in [0.4, 0.5) is 0 Å². The lowest BCUT2D eigenvalue weighted by Gasteiger charge is -2.06. The Balaban J connectivity index is 2.59. The first-order valence-electron chi connectivity index (χ1n) is 4.63. The van der Waals surface area contributed by atoms with E-state index in [1.165, 1.54) is 0 Å². The highest BCUT2D eigenvalue weighted by atomic mass is 79.9. The molecular weight excluding hydrogens is 291 g/mol. The van der Waals surface area contributed by atoms with Crippen LogP contribution in [0.1, 0.15) is 16.1 Å². The SMILES string of the molecule is Cc1cc(Cl)cc(Br)c1-c1ccc(C=O)o1. The van der Waals surface area contributed by atoms with Crippen LogP contribution >= 0.6 is 27.5 Å². The summed E-state index contributed by atoms with van der Waals surface area (Å²) in [5.74, 6) is 0.972. The molecule has 0 aliphatic carbocycles. The van der Waals surface area contributed by atoms with Crippen LogP contribution in [0.3, 0.4) is 0 Å². The second-order valence-electron chi connectivity index (χ2n) is 3.40. The fourth-order valence-corrected chi connectivity index (χ4v) is 2.72. The minimum absolute atomic E-state index is 0.316. The summed E-state index contributed by atoms with van der Waals surface area (Å²) in [5.41, 5.74) is 1.91. The molecule has 2 nitrogen and oxygen atoms in total. The van der Waals surface area contributed by atoms with Gasteiger partial charge < -0.3 is 4.42 Å². The van der Waals surface area contributed by atoms with E-state index in [-0.39, 0.29) is 0 Å². The molecule has 0 amide bonds. The molecule has 0 N–H and O–H groups in total. The summed E-state index contributed by atoms with van der Waals surface area (Å²) in [5, 5.41) is 0.662. The molecule has 1 heterocycles. The summed E-state index contributed by atoms with van der Waals surface area (Å²) in [6.07, 6.45) is 0.683. The first-order valence-corrected chi connectivity index (χ1v) is 5.80. The van der Waals surface area contributed by atoms with Crippen molar-refractivity contribution in [1.82, 2.24) is 0 Å². The van der Waals surface area contributed by atoms with Crippen LogP contribution in [0.15, 0.2) is 33.2 Å². The predicted molar refractivity (Wildman–Crippen MR) is 67.0 cm³/mol. The fourth-order valence-electron chi connectivity index (χ4n) is 1.56. The van der Waals surface area contributed by atoms with Crippen LogP contribution in [0, 0.1) is 6.92 Å². The topological polar surface area (TPSA) is 30.2 Å². The third kappa shape index (κ3) is 2.06. The zero-order valence-electron chi connectivity index (χ0n) is 8.46. The van der Waals surface area contributed by atoms with Gasteiger partial charge in [0.05, 0.1) is 0 Å². The monoisotopic (exact) mass is 298 g/mol. The molecule has 0 radical (unpaired) electrons. The first-order chi connectivity index (χ1) is 7.61. The summed E-state index contributed by atoms with van der Waals surface area (Å²) in [7, 11) is 0. The van der Waals surface area contributed by atoms with Crippen molar-refractivity contribution in [2.75, 3.05) is 0 Å². The Morgan fingerprint density at radius 2 is 2.12 bits per heavy atom. The Kier molecular flexibility index (Phi) is 3.17. The number of rotatable bonds is 2. The van der Waals surface area contributed by atoms with Crippen LogP contribution in [0.5, 0.6) is 0 Å². The van der Waals surface area contributed by atoms with Crippen LogP contribution in [0.2, 0.25) is 5.02 Å². The Hall–Kier alpha value is -1.06. The van der Waals surface area contributed by atoms with Crippen molar-refractivity contribution in [3.63, 3.8) is 0 Å². The lowest BCUT2D eigenvalue weighted by molar-refractivity contribution is 0.110. The third-order valence-electron chi connectivity index (χ3n) is 2.24. The van der Waals surface area contributed by atoms with Crippen molar-refractivity contribution in [2.24, 2.45) is 0 Å². The van der Waals surface area contributed by atoms with Crippen LogP contribution in [-0.2, 0) is 0 Å². The van der Waals surface area contributed by atoms with Crippen molar-refractivity contribution < 1.29 is 9.21 Å². The third-order valence-corrected chi connectivity index (χ3v) is 3.09. The highest BCUT2D eigenvalue weighted by Gasteiger charge is 2.12. The normalized spacial score (nSPS) is 10.4. The summed E-state index contributed by atoms with van der Waals surface area (Å²) in [6, 6.07) is 7.06. The van der Waals surface area contributed by atoms with Gasteiger partial charge in [0.1, 0.15) is 5.76 Å². The molecule has 2 aromatic rings. The van der Waals surface area contributed by atoms with E-state index in [9.17, 15) is 4.79 Å².